The highest BCUT2D eigenvalue weighted by Gasteiger charge is 2.53. The molecule has 1 aliphatic carbocycles. The summed E-state index contributed by atoms with van der Waals surface area (Å²) in [5.74, 6) is 0.281. The minimum absolute atomic E-state index is 0.131. The lowest BCUT2D eigenvalue weighted by Crippen LogP contribution is -2.45. The maximum absolute atomic E-state index is 10.8. The minimum Gasteiger partial charge on any atom is -0.417 e. The van der Waals surface area contributed by atoms with Gasteiger partial charge in [0.2, 0.25) is 0 Å². The third kappa shape index (κ3) is 8.04. The third-order valence-electron chi connectivity index (χ3n) is 7.72. The number of hydrogen-bond acceptors (Lipinski definition) is 4. The maximum Gasteiger partial charge on any atom is 0.192 e. The van der Waals surface area contributed by atoms with Gasteiger partial charge in [0, 0.05) is 12.7 Å². The van der Waals surface area contributed by atoms with Gasteiger partial charge in [-0.3, -0.25) is 0 Å². The zero-order valence-electron chi connectivity index (χ0n) is 21.2. The Morgan fingerprint density at radius 2 is 1.48 bits per heavy atom. The van der Waals surface area contributed by atoms with Crippen LogP contribution >= 0.6 is 0 Å². The molecule has 0 aromatic rings. The second-order valence-corrected chi connectivity index (χ2v) is 22.1. The predicted molar refractivity (Wildman–Crippen MR) is 128 cm³/mol. The topological polar surface area (TPSA) is 58.9 Å². The molecule has 2 N–H and O–H groups in total. The molecule has 29 heavy (non-hydrogen) atoms. The summed E-state index contributed by atoms with van der Waals surface area (Å²) in [6, 6.07) is 0. The lowest BCUT2D eigenvalue weighted by atomic mass is 10.0. The number of aliphatic hydroxyl groups excluding tert-OH is 1. The largest absolute Gasteiger partial charge is 0.417 e. The fourth-order valence-corrected chi connectivity index (χ4v) is 5.70. The Hall–Kier alpha value is 0.274. The van der Waals surface area contributed by atoms with Crippen LogP contribution in [0.4, 0.5) is 0 Å². The summed E-state index contributed by atoms with van der Waals surface area (Å²) in [6.07, 6.45) is 3.74. The highest BCUT2D eigenvalue weighted by Crippen LogP contribution is 2.51. The summed E-state index contributed by atoms with van der Waals surface area (Å²) in [7, 11) is -3.65. The van der Waals surface area contributed by atoms with Gasteiger partial charge < -0.3 is 19.1 Å². The van der Waals surface area contributed by atoms with Crippen LogP contribution in [0.2, 0.25) is 36.3 Å². The van der Waals surface area contributed by atoms with Gasteiger partial charge in [-0.05, 0) is 81.2 Å². The molecule has 0 saturated heterocycles. The van der Waals surface area contributed by atoms with Crippen molar-refractivity contribution in [2.24, 2.45) is 5.92 Å². The van der Waals surface area contributed by atoms with Gasteiger partial charge in [0.25, 0.3) is 0 Å². The molecule has 1 aliphatic rings. The van der Waals surface area contributed by atoms with E-state index in [9.17, 15) is 10.2 Å². The van der Waals surface area contributed by atoms with Crippen LogP contribution in [0.1, 0.15) is 80.6 Å². The normalized spacial score (nSPS) is 25.8. The second-order valence-electron chi connectivity index (χ2n) is 12.5. The Bertz CT molecular complexity index is 520. The first kappa shape index (κ1) is 27.3. The number of hydrogen-bond donors (Lipinski definition) is 2. The Morgan fingerprint density at radius 3 is 1.93 bits per heavy atom. The lowest BCUT2D eigenvalue weighted by Gasteiger charge is -2.40. The number of rotatable bonds is 11. The van der Waals surface area contributed by atoms with E-state index in [4.69, 9.17) is 8.85 Å². The van der Waals surface area contributed by atoms with Crippen LogP contribution < -0.4 is 0 Å². The van der Waals surface area contributed by atoms with Crippen LogP contribution in [0.3, 0.4) is 0 Å². The summed E-state index contributed by atoms with van der Waals surface area (Å²) in [5, 5.41) is 20.8. The van der Waals surface area contributed by atoms with Crippen LogP contribution in [-0.2, 0) is 8.85 Å². The molecule has 1 saturated carbocycles. The minimum atomic E-state index is -1.89. The van der Waals surface area contributed by atoms with Crippen molar-refractivity contribution in [2.45, 2.75) is 135 Å². The summed E-state index contributed by atoms with van der Waals surface area (Å²) < 4.78 is 13.2. The van der Waals surface area contributed by atoms with Crippen LogP contribution in [0.15, 0.2) is 0 Å². The van der Waals surface area contributed by atoms with Crippen LogP contribution in [0.25, 0.3) is 0 Å². The van der Waals surface area contributed by atoms with E-state index in [1.54, 1.807) is 6.92 Å². The van der Waals surface area contributed by atoms with E-state index in [2.05, 4.69) is 67.7 Å². The summed E-state index contributed by atoms with van der Waals surface area (Å²) in [5.41, 5.74) is -0.605. The Labute approximate surface area is 183 Å². The van der Waals surface area contributed by atoms with Crippen molar-refractivity contribution in [3.63, 3.8) is 0 Å². The van der Waals surface area contributed by atoms with Gasteiger partial charge in [-0.25, -0.2) is 0 Å². The Kier molecular flexibility index (Phi) is 8.86. The SMILES string of the molecule is C[C@@H](O)CCC1(O)CC1C[C@@H](CCO[Si](C)(C)C(C)(C)C)O[Si](C)(C)C(C)(C)C. The maximum atomic E-state index is 10.8. The summed E-state index contributed by atoms with van der Waals surface area (Å²) in [4.78, 5) is 0. The highest BCUT2D eigenvalue weighted by atomic mass is 28.4. The van der Waals surface area contributed by atoms with E-state index < -0.39 is 22.2 Å². The molecule has 0 radical (unpaired) electrons. The van der Waals surface area contributed by atoms with Crippen molar-refractivity contribution < 1.29 is 19.1 Å². The standard InChI is InChI=1S/C23H50O4Si2/c1-18(24)12-14-23(25)17-19(23)16-20(27-29(10,11)22(5,6)7)13-15-26-28(8,9)21(2,3)4/h18-20,24-25H,12-17H2,1-11H3/t18-,19?,20-,23?/m1/s1. The highest BCUT2D eigenvalue weighted by molar-refractivity contribution is 6.74. The molecule has 0 aromatic heterocycles. The Morgan fingerprint density at radius 1 is 0.966 bits per heavy atom. The van der Waals surface area contributed by atoms with Gasteiger partial charge in [0.05, 0.1) is 11.7 Å². The third-order valence-corrected chi connectivity index (χ3v) is 16.8. The van der Waals surface area contributed by atoms with Gasteiger partial charge >= 0.3 is 0 Å². The van der Waals surface area contributed by atoms with Crippen molar-refractivity contribution in [1.29, 1.82) is 0 Å². The molecule has 0 aliphatic heterocycles. The van der Waals surface area contributed by atoms with Crippen molar-refractivity contribution in [3.05, 3.63) is 0 Å². The van der Waals surface area contributed by atoms with Crippen molar-refractivity contribution in [3.8, 4) is 0 Å². The smallest absolute Gasteiger partial charge is 0.192 e. The molecule has 2 unspecified atom stereocenters. The first-order valence-corrected chi connectivity index (χ1v) is 17.3. The first-order chi connectivity index (χ1) is 12.8. The van der Waals surface area contributed by atoms with E-state index in [1.165, 1.54) is 0 Å². The van der Waals surface area contributed by atoms with Crippen LogP contribution in [0, 0.1) is 5.92 Å². The zero-order chi connectivity index (χ0) is 22.9. The van der Waals surface area contributed by atoms with E-state index >= 15 is 0 Å². The van der Waals surface area contributed by atoms with E-state index in [0.717, 1.165) is 25.9 Å². The second kappa shape index (κ2) is 9.41. The molecule has 4 nitrogen and oxygen atoms in total. The Balaban J connectivity index is 2.75. The molecule has 1 fully saturated rings. The molecular formula is C23H50O4Si2. The average Bonchev–Trinajstić information content (AvgIpc) is 3.12. The van der Waals surface area contributed by atoms with Gasteiger partial charge in [0.15, 0.2) is 16.6 Å². The average molecular weight is 447 g/mol. The van der Waals surface area contributed by atoms with Gasteiger partial charge in [-0.2, -0.15) is 0 Å². The molecule has 1 rings (SSSR count). The van der Waals surface area contributed by atoms with E-state index in [-0.39, 0.29) is 28.2 Å². The van der Waals surface area contributed by atoms with Crippen molar-refractivity contribution in [1.82, 2.24) is 0 Å². The van der Waals surface area contributed by atoms with Gasteiger partial charge in [0.1, 0.15) is 0 Å². The summed E-state index contributed by atoms with van der Waals surface area (Å²) in [6.45, 7) is 25.4. The predicted octanol–water partition coefficient (Wildman–Crippen LogP) is 6.09. The van der Waals surface area contributed by atoms with E-state index in [0.29, 0.717) is 12.8 Å². The quantitative estimate of drug-likeness (QED) is 0.377. The van der Waals surface area contributed by atoms with Crippen molar-refractivity contribution in [2.75, 3.05) is 6.61 Å². The molecule has 4 atom stereocenters. The monoisotopic (exact) mass is 446 g/mol. The molecule has 0 aromatic carbocycles. The molecule has 174 valence electrons. The molecular weight excluding hydrogens is 396 g/mol. The lowest BCUT2D eigenvalue weighted by molar-refractivity contribution is 0.0735. The summed E-state index contributed by atoms with van der Waals surface area (Å²) >= 11 is 0. The molecule has 6 heteroatoms. The van der Waals surface area contributed by atoms with Crippen molar-refractivity contribution >= 4 is 16.6 Å². The fourth-order valence-electron chi connectivity index (χ4n) is 3.23. The van der Waals surface area contributed by atoms with Gasteiger partial charge in [-0.1, -0.05) is 41.5 Å². The first-order valence-electron chi connectivity index (χ1n) is 11.5. The molecule has 0 bridgehead atoms. The zero-order valence-corrected chi connectivity index (χ0v) is 23.2. The fraction of sp³-hybridized carbons (Fsp3) is 1.00. The van der Waals surface area contributed by atoms with Gasteiger partial charge in [-0.15, -0.1) is 0 Å². The molecule has 0 heterocycles. The number of aliphatic hydroxyl groups is 2. The molecule has 0 amide bonds. The molecule has 0 spiro atoms. The van der Waals surface area contributed by atoms with Crippen LogP contribution in [-0.4, -0.2) is 51.3 Å². The van der Waals surface area contributed by atoms with E-state index in [1.807, 2.05) is 0 Å². The van der Waals surface area contributed by atoms with Crippen LogP contribution in [0.5, 0.6) is 0 Å².